The molecule has 5 rings (SSSR count). The van der Waals surface area contributed by atoms with Gasteiger partial charge in [0.15, 0.2) is 5.76 Å². The van der Waals surface area contributed by atoms with Gasteiger partial charge in [0.2, 0.25) is 21.7 Å². The summed E-state index contributed by atoms with van der Waals surface area (Å²) in [7, 11) is -1.95. The molecule has 0 radical (unpaired) electrons. The number of rotatable bonds is 5. The summed E-state index contributed by atoms with van der Waals surface area (Å²) in [5.74, 6) is 2.15. The number of halogens is 1. The molecule has 2 aromatic heterocycles. The molecule has 0 spiro atoms. The molecule has 0 bridgehead atoms. The molecule has 1 fully saturated rings. The van der Waals surface area contributed by atoms with Crippen molar-refractivity contribution in [3.63, 3.8) is 0 Å². The Morgan fingerprint density at radius 1 is 1.12 bits per heavy atom. The van der Waals surface area contributed by atoms with Gasteiger partial charge in [-0.25, -0.2) is 8.42 Å². The maximum atomic E-state index is 12.9. The van der Waals surface area contributed by atoms with E-state index < -0.39 is 10.0 Å². The van der Waals surface area contributed by atoms with Gasteiger partial charge in [-0.2, -0.15) is 9.29 Å². The number of benzene rings is 2. The van der Waals surface area contributed by atoms with Crippen LogP contribution < -0.4 is 4.74 Å². The molecule has 1 saturated heterocycles. The van der Waals surface area contributed by atoms with Crippen LogP contribution in [0.3, 0.4) is 0 Å². The zero-order valence-corrected chi connectivity index (χ0v) is 19.7. The Labute approximate surface area is 196 Å². The van der Waals surface area contributed by atoms with Crippen LogP contribution in [0.2, 0.25) is 5.02 Å². The quantitative estimate of drug-likeness (QED) is 0.389. The van der Waals surface area contributed by atoms with Crippen LogP contribution in [0.15, 0.2) is 56.3 Å². The number of nitrogens with zero attached hydrogens (tertiary/aromatic N) is 3. The second-order valence-corrected chi connectivity index (χ2v) is 10.4. The molecule has 10 heteroatoms. The summed E-state index contributed by atoms with van der Waals surface area (Å²) in [6.45, 7) is 2.68. The first-order valence-electron chi connectivity index (χ1n) is 10.5. The van der Waals surface area contributed by atoms with Gasteiger partial charge >= 0.3 is 0 Å². The van der Waals surface area contributed by atoms with E-state index in [1.165, 1.54) is 16.4 Å². The largest absolute Gasteiger partial charge is 0.497 e. The van der Waals surface area contributed by atoms with E-state index in [1.807, 2.05) is 25.1 Å². The van der Waals surface area contributed by atoms with E-state index in [0.717, 1.165) is 22.3 Å². The first-order valence-corrected chi connectivity index (χ1v) is 12.4. The van der Waals surface area contributed by atoms with Crippen LogP contribution >= 0.6 is 11.6 Å². The molecular formula is C23H22ClN3O5S. The summed E-state index contributed by atoms with van der Waals surface area (Å²) in [5.41, 5.74) is 1.62. The number of methoxy groups -OCH3 is 1. The van der Waals surface area contributed by atoms with Crippen LogP contribution in [0.5, 0.6) is 5.75 Å². The summed E-state index contributed by atoms with van der Waals surface area (Å²) in [6.07, 6.45) is 1.18. The summed E-state index contributed by atoms with van der Waals surface area (Å²) >= 11 is 5.88. The third kappa shape index (κ3) is 4.01. The number of furan rings is 1. The van der Waals surface area contributed by atoms with E-state index in [9.17, 15) is 8.42 Å². The highest BCUT2D eigenvalue weighted by Gasteiger charge is 2.32. The van der Waals surface area contributed by atoms with Crippen molar-refractivity contribution >= 4 is 32.6 Å². The van der Waals surface area contributed by atoms with E-state index in [2.05, 4.69) is 10.1 Å². The maximum Gasteiger partial charge on any atom is 0.243 e. The Balaban J connectivity index is 1.32. The van der Waals surface area contributed by atoms with Crippen molar-refractivity contribution < 1.29 is 22.1 Å². The summed E-state index contributed by atoms with van der Waals surface area (Å²) in [6, 6.07) is 11.8. The van der Waals surface area contributed by atoms with Crippen molar-refractivity contribution in [3.8, 4) is 17.3 Å². The van der Waals surface area contributed by atoms with Crippen molar-refractivity contribution in [1.29, 1.82) is 0 Å². The number of piperidine rings is 1. The molecule has 0 amide bonds. The number of fused-ring (bicyclic) bond motifs is 1. The van der Waals surface area contributed by atoms with Gasteiger partial charge in [-0.3, -0.25) is 0 Å². The van der Waals surface area contributed by atoms with E-state index >= 15 is 0 Å². The fraction of sp³-hybridized carbons (Fsp3) is 0.304. The molecule has 4 aromatic rings. The molecule has 8 nitrogen and oxygen atoms in total. The van der Waals surface area contributed by atoms with Gasteiger partial charge in [-0.05, 0) is 62.2 Å². The van der Waals surface area contributed by atoms with Gasteiger partial charge in [0.05, 0.1) is 12.0 Å². The predicted octanol–water partition coefficient (Wildman–Crippen LogP) is 5.02. The Morgan fingerprint density at radius 3 is 2.55 bits per heavy atom. The smallest absolute Gasteiger partial charge is 0.243 e. The third-order valence-corrected chi connectivity index (χ3v) is 8.21. The lowest BCUT2D eigenvalue weighted by Gasteiger charge is -2.29. The summed E-state index contributed by atoms with van der Waals surface area (Å²) in [4.78, 5) is 4.81. The molecule has 1 aliphatic rings. The molecule has 0 atom stereocenters. The van der Waals surface area contributed by atoms with Gasteiger partial charge in [0, 0.05) is 35.0 Å². The van der Waals surface area contributed by atoms with Gasteiger partial charge in [0.25, 0.3) is 0 Å². The summed E-state index contributed by atoms with van der Waals surface area (Å²) in [5, 5.41) is 5.55. The fourth-order valence-corrected chi connectivity index (χ4v) is 5.73. The number of hydrogen-bond acceptors (Lipinski definition) is 7. The highest BCUT2D eigenvalue weighted by molar-refractivity contribution is 7.89. The zero-order chi connectivity index (χ0) is 23.2. The molecule has 172 valence electrons. The number of aryl methyl sites for hydroxylation is 1. The van der Waals surface area contributed by atoms with E-state index in [1.54, 1.807) is 19.2 Å². The normalized spacial score (nSPS) is 15.8. The van der Waals surface area contributed by atoms with Crippen molar-refractivity contribution in [1.82, 2.24) is 14.4 Å². The van der Waals surface area contributed by atoms with Crippen molar-refractivity contribution in [3.05, 3.63) is 58.9 Å². The minimum Gasteiger partial charge on any atom is -0.497 e. The Kier molecular flexibility index (Phi) is 5.64. The van der Waals surface area contributed by atoms with Crippen LogP contribution in [0, 0.1) is 6.92 Å². The first kappa shape index (κ1) is 21.9. The van der Waals surface area contributed by atoms with Gasteiger partial charge in [-0.1, -0.05) is 16.8 Å². The van der Waals surface area contributed by atoms with Gasteiger partial charge in [-0.15, -0.1) is 0 Å². The second kappa shape index (κ2) is 8.48. The van der Waals surface area contributed by atoms with Gasteiger partial charge in [0.1, 0.15) is 11.3 Å². The van der Waals surface area contributed by atoms with Crippen LogP contribution in [-0.2, 0) is 10.0 Å². The van der Waals surface area contributed by atoms with Crippen LogP contribution in [0.4, 0.5) is 0 Å². The fourth-order valence-electron chi connectivity index (χ4n) is 4.13. The van der Waals surface area contributed by atoms with Crippen molar-refractivity contribution in [2.75, 3.05) is 20.2 Å². The van der Waals surface area contributed by atoms with Crippen LogP contribution in [-0.4, -0.2) is 43.1 Å². The third-order valence-electron chi connectivity index (χ3n) is 6.04. The highest BCUT2D eigenvalue weighted by atomic mass is 35.5. The molecule has 0 aliphatic carbocycles. The second-order valence-electron chi connectivity index (χ2n) is 8.01. The van der Waals surface area contributed by atoms with Crippen molar-refractivity contribution in [2.24, 2.45) is 0 Å². The Bertz CT molecular complexity index is 1400. The van der Waals surface area contributed by atoms with E-state index in [-0.39, 0.29) is 10.8 Å². The average molecular weight is 488 g/mol. The molecule has 0 N–H and O–H groups in total. The molecule has 3 heterocycles. The number of sulfonamides is 1. The molecule has 33 heavy (non-hydrogen) atoms. The molecule has 0 saturated carbocycles. The Morgan fingerprint density at radius 2 is 1.85 bits per heavy atom. The topological polar surface area (TPSA) is 98.7 Å². The van der Waals surface area contributed by atoms with Crippen LogP contribution in [0.25, 0.3) is 22.6 Å². The monoisotopic (exact) mass is 487 g/mol. The highest BCUT2D eigenvalue weighted by Crippen LogP contribution is 2.35. The minimum atomic E-state index is -3.57. The van der Waals surface area contributed by atoms with E-state index in [0.29, 0.717) is 48.4 Å². The first-order chi connectivity index (χ1) is 15.9. The molecule has 2 aromatic carbocycles. The standard InChI is InChI=1S/C23H22ClN3O5S/c1-14-19-13-17(30-2)5-8-20(19)31-21(14)22-25-23(32-26-22)15-9-11-27(12-10-15)33(28,29)18-6-3-16(24)4-7-18/h3-8,13,15H,9-12H2,1-2H3. The average Bonchev–Trinajstić information content (AvgIpc) is 3.44. The zero-order valence-electron chi connectivity index (χ0n) is 18.1. The number of ether oxygens (including phenoxy) is 1. The van der Waals surface area contributed by atoms with Crippen molar-refractivity contribution in [2.45, 2.75) is 30.6 Å². The predicted molar refractivity (Wildman–Crippen MR) is 123 cm³/mol. The molecule has 1 aliphatic heterocycles. The lowest BCUT2D eigenvalue weighted by atomic mass is 9.98. The SMILES string of the molecule is COc1ccc2oc(-c3noc(C4CCN(S(=O)(=O)c5ccc(Cl)cc5)CC4)n3)c(C)c2c1. The summed E-state index contributed by atoms with van der Waals surface area (Å²) < 4.78 is 44.1. The lowest BCUT2D eigenvalue weighted by Crippen LogP contribution is -2.37. The Hall–Kier alpha value is -2.88. The molecular weight excluding hydrogens is 466 g/mol. The number of aromatic nitrogens is 2. The minimum absolute atomic E-state index is 0.0207. The van der Waals surface area contributed by atoms with E-state index in [4.69, 9.17) is 25.3 Å². The molecule has 0 unspecified atom stereocenters. The number of hydrogen-bond donors (Lipinski definition) is 0. The maximum absolute atomic E-state index is 12.9. The van der Waals surface area contributed by atoms with Gasteiger partial charge < -0.3 is 13.7 Å². The van der Waals surface area contributed by atoms with Crippen LogP contribution in [0.1, 0.15) is 30.2 Å². The lowest BCUT2D eigenvalue weighted by molar-refractivity contribution is 0.270.